The van der Waals surface area contributed by atoms with E-state index in [-0.39, 0.29) is 6.03 Å². The average molecular weight is 332 g/mol. The minimum atomic E-state index is -0.0584. The van der Waals surface area contributed by atoms with Gasteiger partial charge in [0.2, 0.25) is 0 Å². The van der Waals surface area contributed by atoms with Crippen LogP contribution in [0.4, 0.5) is 10.5 Å². The molecule has 1 N–H and O–H groups in total. The van der Waals surface area contributed by atoms with Crippen molar-refractivity contribution in [3.05, 3.63) is 27.7 Å². The smallest absolute Gasteiger partial charge is 0.321 e. The molecule has 0 aromatic heterocycles. The molecule has 2 rings (SSSR count). The molecule has 1 aliphatic heterocycles. The number of rotatable bonds is 1. The molecule has 3 nitrogen and oxygen atoms in total. The van der Waals surface area contributed by atoms with Crippen LogP contribution in [0.5, 0.6) is 0 Å². The first kappa shape index (κ1) is 13.7. The summed E-state index contributed by atoms with van der Waals surface area (Å²) in [5.41, 5.74) is 0.653. The second-order valence-electron chi connectivity index (χ2n) is 4.46. The van der Waals surface area contributed by atoms with Crippen molar-refractivity contribution >= 4 is 39.2 Å². The van der Waals surface area contributed by atoms with Crippen molar-refractivity contribution in [2.75, 3.05) is 18.4 Å². The Bertz CT molecular complexity index is 431. The van der Waals surface area contributed by atoms with Gasteiger partial charge in [-0.15, -0.1) is 0 Å². The van der Waals surface area contributed by atoms with Gasteiger partial charge in [-0.05, 0) is 31.0 Å². The van der Waals surface area contributed by atoms with Crippen LogP contribution in [0, 0.1) is 0 Å². The summed E-state index contributed by atoms with van der Waals surface area (Å²) in [5, 5.41) is 3.43. The highest BCUT2D eigenvalue weighted by Gasteiger charge is 2.16. The molecule has 0 radical (unpaired) electrons. The summed E-state index contributed by atoms with van der Waals surface area (Å²) in [5.74, 6) is 0. The van der Waals surface area contributed by atoms with E-state index < -0.39 is 0 Å². The molecule has 0 unspecified atom stereocenters. The van der Waals surface area contributed by atoms with Gasteiger partial charge in [0.1, 0.15) is 0 Å². The summed E-state index contributed by atoms with van der Waals surface area (Å²) in [6, 6.07) is 5.38. The van der Waals surface area contributed by atoms with Crippen LogP contribution in [-0.4, -0.2) is 24.0 Å². The Morgan fingerprint density at radius 2 is 1.89 bits per heavy atom. The van der Waals surface area contributed by atoms with E-state index in [9.17, 15) is 4.79 Å². The van der Waals surface area contributed by atoms with Crippen molar-refractivity contribution in [1.29, 1.82) is 0 Å². The van der Waals surface area contributed by atoms with Gasteiger partial charge in [0.05, 0.1) is 10.7 Å². The van der Waals surface area contributed by atoms with E-state index in [1.807, 2.05) is 17.0 Å². The molecule has 5 heteroatoms. The van der Waals surface area contributed by atoms with E-state index in [1.54, 1.807) is 6.07 Å². The maximum atomic E-state index is 12.1. The first-order chi connectivity index (χ1) is 8.66. The Labute approximate surface area is 121 Å². The minimum Gasteiger partial charge on any atom is -0.325 e. The zero-order valence-electron chi connectivity index (χ0n) is 10.1. The fourth-order valence-electron chi connectivity index (χ4n) is 2.06. The molecule has 0 bridgehead atoms. The standard InChI is InChI=1S/C13H16BrClN2O/c14-10-5-6-11(15)12(9-10)16-13(18)17-7-3-1-2-4-8-17/h5-6,9H,1-4,7-8H2,(H,16,18). The number of carbonyl (C=O) groups is 1. The first-order valence-corrected chi connectivity index (χ1v) is 7.35. The lowest BCUT2D eigenvalue weighted by atomic mass is 10.2. The van der Waals surface area contributed by atoms with Crippen LogP contribution >= 0.6 is 27.5 Å². The molecule has 0 spiro atoms. The highest BCUT2D eigenvalue weighted by Crippen LogP contribution is 2.26. The lowest BCUT2D eigenvalue weighted by molar-refractivity contribution is 0.214. The Kier molecular flexibility index (Phi) is 4.89. The summed E-state index contributed by atoms with van der Waals surface area (Å²) < 4.78 is 0.901. The molecule has 1 aromatic rings. The Balaban J connectivity index is 2.03. The number of nitrogens with zero attached hydrogens (tertiary/aromatic N) is 1. The number of anilines is 1. The lowest BCUT2D eigenvalue weighted by Gasteiger charge is -2.21. The summed E-state index contributed by atoms with van der Waals surface area (Å²) in [6.07, 6.45) is 4.59. The minimum absolute atomic E-state index is 0.0584. The number of carbonyl (C=O) groups excluding carboxylic acids is 1. The largest absolute Gasteiger partial charge is 0.325 e. The Morgan fingerprint density at radius 1 is 1.22 bits per heavy atom. The topological polar surface area (TPSA) is 32.3 Å². The van der Waals surface area contributed by atoms with Crippen LogP contribution in [0.15, 0.2) is 22.7 Å². The van der Waals surface area contributed by atoms with Crippen LogP contribution in [-0.2, 0) is 0 Å². The van der Waals surface area contributed by atoms with Crippen molar-refractivity contribution in [2.45, 2.75) is 25.7 Å². The number of likely N-dealkylation sites (tertiary alicyclic amines) is 1. The molecular weight excluding hydrogens is 316 g/mol. The molecule has 1 fully saturated rings. The number of hydrogen-bond donors (Lipinski definition) is 1. The van der Waals surface area contributed by atoms with Crippen molar-refractivity contribution in [1.82, 2.24) is 4.90 Å². The number of nitrogens with one attached hydrogen (secondary N) is 1. The fourth-order valence-corrected chi connectivity index (χ4v) is 2.59. The summed E-state index contributed by atoms with van der Waals surface area (Å²) in [7, 11) is 0. The predicted molar refractivity (Wildman–Crippen MR) is 78.2 cm³/mol. The number of hydrogen-bond acceptors (Lipinski definition) is 1. The SMILES string of the molecule is O=C(Nc1cc(Br)ccc1Cl)N1CCCCCC1. The van der Waals surface area contributed by atoms with Gasteiger partial charge in [0.15, 0.2) is 0 Å². The first-order valence-electron chi connectivity index (χ1n) is 6.18. The van der Waals surface area contributed by atoms with Gasteiger partial charge in [0.25, 0.3) is 0 Å². The van der Waals surface area contributed by atoms with Gasteiger partial charge in [-0.3, -0.25) is 0 Å². The third-order valence-electron chi connectivity index (χ3n) is 3.06. The monoisotopic (exact) mass is 330 g/mol. The zero-order chi connectivity index (χ0) is 13.0. The molecule has 98 valence electrons. The number of halogens is 2. The molecule has 0 atom stereocenters. The van der Waals surface area contributed by atoms with Gasteiger partial charge < -0.3 is 10.2 Å². The van der Waals surface area contributed by atoms with E-state index in [4.69, 9.17) is 11.6 Å². The predicted octanol–water partition coefficient (Wildman–Crippen LogP) is 4.51. The summed E-state index contributed by atoms with van der Waals surface area (Å²) in [4.78, 5) is 14.0. The summed E-state index contributed by atoms with van der Waals surface area (Å²) >= 11 is 9.43. The molecule has 1 saturated heterocycles. The normalized spacial score (nSPS) is 16.2. The number of amides is 2. The molecule has 1 aliphatic rings. The van der Waals surface area contributed by atoms with E-state index >= 15 is 0 Å². The second-order valence-corrected chi connectivity index (χ2v) is 5.78. The fraction of sp³-hybridized carbons (Fsp3) is 0.462. The van der Waals surface area contributed by atoms with Crippen LogP contribution in [0.25, 0.3) is 0 Å². The molecule has 18 heavy (non-hydrogen) atoms. The Hall–Kier alpha value is -0.740. The van der Waals surface area contributed by atoms with Gasteiger partial charge >= 0.3 is 6.03 Å². The number of benzene rings is 1. The molecular formula is C13H16BrClN2O. The van der Waals surface area contributed by atoms with Crippen molar-refractivity contribution in [2.24, 2.45) is 0 Å². The lowest BCUT2D eigenvalue weighted by Crippen LogP contribution is -2.35. The van der Waals surface area contributed by atoms with Crippen LogP contribution in [0.2, 0.25) is 5.02 Å². The Morgan fingerprint density at radius 3 is 2.56 bits per heavy atom. The van der Waals surface area contributed by atoms with Crippen molar-refractivity contribution < 1.29 is 4.79 Å². The highest BCUT2D eigenvalue weighted by molar-refractivity contribution is 9.10. The molecule has 1 aromatic carbocycles. The second kappa shape index (κ2) is 6.43. The van der Waals surface area contributed by atoms with Crippen LogP contribution in [0.1, 0.15) is 25.7 Å². The van der Waals surface area contributed by atoms with Gasteiger partial charge in [-0.1, -0.05) is 40.4 Å². The third kappa shape index (κ3) is 3.62. The van der Waals surface area contributed by atoms with E-state index in [0.717, 1.165) is 30.4 Å². The molecule has 0 saturated carbocycles. The van der Waals surface area contributed by atoms with Crippen LogP contribution in [0.3, 0.4) is 0 Å². The average Bonchev–Trinajstić information content (AvgIpc) is 2.62. The third-order valence-corrected chi connectivity index (χ3v) is 3.89. The maximum absolute atomic E-state index is 12.1. The van der Waals surface area contributed by atoms with E-state index in [0.29, 0.717) is 10.7 Å². The molecule has 0 aliphatic carbocycles. The molecule has 1 heterocycles. The van der Waals surface area contributed by atoms with E-state index in [2.05, 4.69) is 21.2 Å². The number of urea groups is 1. The van der Waals surface area contributed by atoms with E-state index in [1.165, 1.54) is 12.8 Å². The van der Waals surface area contributed by atoms with Gasteiger partial charge in [-0.2, -0.15) is 0 Å². The zero-order valence-corrected chi connectivity index (χ0v) is 12.4. The van der Waals surface area contributed by atoms with Crippen LogP contribution < -0.4 is 5.32 Å². The van der Waals surface area contributed by atoms with Gasteiger partial charge in [-0.25, -0.2) is 4.79 Å². The van der Waals surface area contributed by atoms with Gasteiger partial charge in [0, 0.05) is 17.6 Å². The molecule has 2 amide bonds. The maximum Gasteiger partial charge on any atom is 0.321 e. The quantitative estimate of drug-likeness (QED) is 0.806. The van der Waals surface area contributed by atoms with Crippen molar-refractivity contribution in [3.8, 4) is 0 Å². The van der Waals surface area contributed by atoms with Crippen molar-refractivity contribution in [3.63, 3.8) is 0 Å². The highest BCUT2D eigenvalue weighted by atomic mass is 79.9. The summed E-state index contributed by atoms with van der Waals surface area (Å²) in [6.45, 7) is 1.66.